The minimum absolute atomic E-state index is 0.310. The Balaban J connectivity index is 2.85. The molecule has 3 nitrogen and oxygen atoms in total. The van der Waals surface area contributed by atoms with Crippen molar-refractivity contribution in [3.05, 3.63) is 35.4 Å². The fraction of sp³-hybridized carbons (Fsp3) is 0.364. The minimum Gasteiger partial charge on any atom is -0.465 e. The number of methoxy groups -OCH3 is 1. The van der Waals surface area contributed by atoms with Crippen LogP contribution in [0.15, 0.2) is 24.3 Å². The van der Waals surface area contributed by atoms with Gasteiger partial charge in [-0.15, -0.1) is 0 Å². The number of hydrogen-bond donors (Lipinski definition) is 1. The van der Waals surface area contributed by atoms with Crippen molar-refractivity contribution in [3.8, 4) is 0 Å². The second-order valence-corrected chi connectivity index (χ2v) is 3.35. The maximum Gasteiger partial charge on any atom is 0.337 e. The molecule has 88 valence electrons. The zero-order chi connectivity index (χ0) is 12.1. The number of benzene rings is 1. The first kappa shape index (κ1) is 12.6. The fourth-order valence-electron chi connectivity index (χ4n) is 1.34. The highest BCUT2D eigenvalue weighted by molar-refractivity contribution is 5.89. The first-order valence-electron chi connectivity index (χ1n) is 4.76. The summed E-state index contributed by atoms with van der Waals surface area (Å²) in [7, 11) is 1.26. The molecular formula is C11H13F2NO2. The Morgan fingerprint density at radius 2 is 2.19 bits per heavy atom. The Morgan fingerprint density at radius 3 is 2.75 bits per heavy atom. The van der Waals surface area contributed by atoms with Gasteiger partial charge in [0.05, 0.1) is 12.7 Å². The van der Waals surface area contributed by atoms with Gasteiger partial charge in [0.2, 0.25) is 6.43 Å². The number of carbonyl (C=O) groups excluding carboxylic acids is 1. The Morgan fingerprint density at radius 1 is 1.50 bits per heavy atom. The molecule has 0 heterocycles. The van der Waals surface area contributed by atoms with Crippen LogP contribution in [-0.4, -0.2) is 19.5 Å². The summed E-state index contributed by atoms with van der Waals surface area (Å²) in [6, 6.07) is 5.44. The summed E-state index contributed by atoms with van der Waals surface area (Å²) in [6.07, 6.45) is -2.89. The van der Waals surface area contributed by atoms with Crippen molar-refractivity contribution in [2.24, 2.45) is 5.73 Å². The van der Waals surface area contributed by atoms with Gasteiger partial charge < -0.3 is 10.5 Å². The quantitative estimate of drug-likeness (QED) is 0.804. The van der Waals surface area contributed by atoms with Crippen molar-refractivity contribution in [2.75, 3.05) is 7.11 Å². The monoisotopic (exact) mass is 229 g/mol. The smallest absolute Gasteiger partial charge is 0.337 e. The molecule has 0 spiro atoms. The van der Waals surface area contributed by atoms with Crippen molar-refractivity contribution >= 4 is 5.97 Å². The van der Waals surface area contributed by atoms with E-state index in [9.17, 15) is 13.6 Å². The van der Waals surface area contributed by atoms with Crippen molar-refractivity contribution in [1.29, 1.82) is 0 Å². The van der Waals surface area contributed by atoms with Crippen molar-refractivity contribution in [2.45, 2.75) is 18.9 Å². The van der Waals surface area contributed by atoms with Gasteiger partial charge >= 0.3 is 5.97 Å². The molecule has 0 unspecified atom stereocenters. The van der Waals surface area contributed by atoms with E-state index in [-0.39, 0.29) is 0 Å². The molecule has 0 fully saturated rings. The molecule has 0 aliphatic heterocycles. The molecule has 16 heavy (non-hydrogen) atoms. The summed E-state index contributed by atoms with van der Waals surface area (Å²) in [5.41, 5.74) is 6.39. The Bertz CT molecular complexity index is 369. The van der Waals surface area contributed by atoms with E-state index in [0.717, 1.165) is 0 Å². The van der Waals surface area contributed by atoms with E-state index >= 15 is 0 Å². The van der Waals surface area contributed by atoms with Gasteiger partial charge in [-0.05, 0) is 17.7 Å². The number of hydrogen-bond acceptors (Lipinski definition) is 3. The largest absolute Gasteiger partial charge is 0.465 e. The van der Waals surface area contributed by atoms with Gasteiger partial charge in [0.25, 0.3) is 0 Å². The van der Waals surface area contributed by atoms with Gasteiger partial charge in [0.1, 0.15) is 0 Å². The fourth-order valence-corrected chi connectivity index (χ4v) is 1.34. The molecule has 0 saturated heterocycles. The summed E-state index contributed by atoms with van der Waals surface area (Å²) >= 11 is 0. The molecule has 2 N–H and O–H groups in total. The Labute approximate surface area is 92.2 Å². The Hall–Kier alpha value is -1.49. The molecule has 1 aromatic rings. The summed E-state index contributed by atoms with van der Waals surface area (Å²) < 4.78 is 28.8. The van der Waals surface area contributed by atoms with Crippen molar-refractivity contribution in [1.82, 2.24) is 0 Å². The maximum atomic E-state index is 12.1. The summed E-state index contributed by atoms with van der Waals surface area (Å²) in [5.74, 6) is -0.508. The van der Waals surface area contributed by atoms with Gasteiger partial charge in [-0.25, -0.2) is 13.6 Å². The number of ether oxygens (including phenoxy) is 1. The summed E-state index contributed by atoms with van der Waals surface area (Å²) in [4.78, 5) is 11.2. The lowest BCUT2D eigenvalue weighted by atomic mass is 10.0. The summed E-state index contributed by atoms with van der Waals surface area (Å²) in [6.45, 7) is 0. The van der Waals surface area contributed by atoms with Crippen LogP contribution in [0.25, 0.3) is 0 Å². The third kappa shape index (κ3) is 3.27. The van der Waals surface area contributed by atoms with Crippen LogP contribution in [0.5, 0.6) is 0 Å². The lowest BCUT2D eigenvalue weighted by molar-refractivity contribution is 0.0600. The number of alkyl halides is 2. The van der Waals surface area contributed by atoms with Crippen LogP contribution >= 0.6 is 0 Å². The highest BCUT2D eigenvalue weighted by Gasteiger charge is 2.14. The Kier molecular flexibility index (Phi) is 4.37. The zero-order valence-electron chi connectivity index (χ0n) is 8.82. The van der Waals surface area contributed by atoms with Gasteiger partial charge in [-0.2, -0.15) is 0 Å². The lowest BCUT2D eigenvalue weighted by Crippen LogP contribution is -2.14. The third-order valence-corrected chi connectivity index (χ3v) is 2.17. The van der Waals surface area contributed by atoms with E-state index in [1.54, 1.807) is 18.2 Å². The topological polar surface area (TPSA) is 52.3 Å². The highest BCUT2D eigenvalue weighted by atomic mass is 19.3. The van der Waals surface area contributed by atoms with E-state index in [1.165, 1.54) is 13.2 Å². The second kappa shape index (κ2) is 5.55. The van der Waals surface area contributed by atoms with Gasteiger partial charge in [0, 0.05) is 12.5 Å². The van der Waals surface area contributed by atoms with E-state index in [2.05, 4.69) is 4.74 Å². The number of rotatable bonds is 4. The summed E-state index contributed by atoms with van der Waals surface area (Å²) in [5, 5.41) is 0. The molecule has 0 bridgehead atoms. The average Bonchev–Trinajstić information content (AvgIpc) is 2.27. The van der Waals surface area contributed by atoms with E-state index in [4.69, 9.17) is 5.73 Å². The molecule has 0 aliphatic carbocycles. The molecule has 0 aliphatic rings. The van der Waals surface area contributed by atoms with Crippen LogP contribution in [0.4, 0.5) is 8.78 Å². The molecule has 0 amide bonds. The normalized spacial score (nSPS) is 12.6. The molecule has 5 heteroatoms. The van der Waals surface area contributed by atoms with Gasteiger partial charge in [-0.3, -0.25) is 0 Å². The predicted molar refractivity (Wildman–Crippen MR) is 55.3 cm³/mol. The predicted octanol–water partition coefficient (Wildman–Crippen LogP) is 2.13. The van der Waals surface area contributed by atoms with Crippen LogP contribution in [-0.2, 0) is 4.74 Å². The van der Waals surface area contributed by atoms with Gasteiger partial charge in [-0.1, -0.05) is 12.1 Å². The van der Waals surface area contributed by atoms with Crippen molar-refractivity contribution < 1.29 is 18.3 Å². The van der Waals surface area contributed by atoms with Crippen LogP contribution in [0.3, 0.4) is 0 Å². The van der Waals surface area contributed by atoms with E-state index in [0.29, 0.717) is 11.1 Å². The highest BCUT2D eigenvalue weighted by Crippen LogP contribution is 2.19. The van der Waals surface area contributed by atoms with E-state index < -0.39 is 24.9 Å². The minimum atomic E-state index is -2.46. The average molecular weight is 229 g/mol. The van der Waals surface area contributed by atoms with Crippen LogP contribution in [0.1, 0.15) is 28.4 Å². The molecule has 1 atom stereocenters. The van der Waals surface area contributed by atoms with Crippen LogP contribution < -0.4 is 5.73 Å². The van der Waals surface area contributed by atoms with Crippen LogP contribution in [0, 0.1) is 0 Å². The molecule has 1 aromatic carbocycles. The van der Waals surface area contributed by atoms with Crippen LogP contribution in [0.2, 0.25) is 0 Å². The molecule has 1 rings (SSSR count). The van der Waals surface area contributed by atoms with Crippen molar-refractivity contribution in [3.63, 3.8) is 0 Å². The second-order valence-electron chi connectivity index (χ2n) is 3.35. The molecule has 0 radical (unpaired) electrons. The zero-order valence-corrected chi connectivity index (χ0v) is 8.82. The maximum absolute atomic E-state index is 12.1. The third-order valence-electron chi connectivity index (χ3n) is 2.17. The number of halogens is 2. The first-order valence-corrected chi connectivity index (χ1v) is 4.76. The standard InChI is InChI=1S/C11H13F2NO2/c1-16-11(15)8-4-2-3-7(5-8)9(14)6-10(12)13/h2-5,9-10H,6,14H2,1H3/t9-/m0/s1. The lowest BCUT2D eigenvalue weighted by Gasteiger charge is -2.12. The SMILES string of the molecule is COC(=O)c1cccc([C@@H](N)CC(F)F)c1. The number of carbonyl (C=O) groups is 1. The molecule has 0 saturated carbocycles. The van der Waals surface area contributed by atoms with Gasteiger partial charge in [0.15, 0.2) is 0 Å². The molecule has 0 aromatic heterocycles. The van der Waals surface area contributed by atoms with E-state index in [1.807, 2.05) is 0 Å². The first-order chi connectivity index (χ1) is 7.54. The molecular weight excluding hydrogens is 216 g/mol. The number of esters is 1. The number of nitrogens with two attached hydrogens (primary N) is 1.